The third-order valence-electron chi connectivity index (χ3n) is 6.23. The minimum Gasteiger partial charge on any atom is -0.357 e. The second-order valence-corrected chi connectivity index (χ2v) is 8.06. The summed E-state index contributed by atoms with van der Waals surface area (Å²) in [5.74, 6) is -1.68. The number of fused-ring (bicyclic) bond motifs is 4. The van der Waals surface area contributed by atoms with E-state index in [1.54, 1.807) is 6.92 Å². The third kappa shape index (κ3) is 2.94. The molecule has 0 spiro atoms. The van der Waals surface area contributed by atoms with E-state index in [2.05, 4.69) is 11.1 Å². The van der Waals surface area contributed by atoms with E-state index in [-0.39, 0.29) is 5.56 Å². The molecule has 2 heterocycles. The van der Waals surface area contributed by atoms with Gasteiger partial charge < -0.3 is 4.98 Å². The Kier molecular flexibility index (Phi) is 4.04. The number of hydrogen-bond acceptors (Lipinski definition) is 1. The van der Waals surface area contributed by atoms with Crippen LogP contribution in [0.3, 0.4) is 0 Å². The van der Waals surface area contributed by atoms with Crippen LogP contribution in [0.1, 0.15) is 40.9 Å². The second kappa shape index (κ2) is 6.29. The largest absolute Gasteiger partial charge is 0.401 e. The lowest BCUT2D eigenvalue weighted by molar-refractivity contribution is -0.155. The van der Waals surface area contributed by atoms with Gasteiger partial charge in [-0.05, 0) is 67.1 Å². The van der Waals surface area contributed by atoms with Gasteiger partial charge in [-0.25, -0.2) is 8.78 Å². The maximum absolute atomic E-state index is 14.7. The van der Waals surface area contributed by atoms with Crippen molar-refractivity contribution in [2.24, 2.45) is 0 Å². The quantitative estimate of drug-likeness (QED) is 0.562. The van der Waals surface area contributed by atoms with Gasteiger partial charge in [0.15, 0.2) is 0 Å². The molecule has 2 aliphatic rings. The fourth-order valence-corrected chi connectivity index (χ4v) is 4.79. The summed E-state index contributed by atoms with van der Waals surface area (Å²) in [6.07, 6.45) is -2.15. The number of halogens is 5. The van der Waals surface area contributed by atoms with E-state index >= 15 is 0 Å². The molecule has 2 atom stereocenters. The molecule has 0 saturated carbocycles. The van der Waals surface area contributed by atoms with Crippen LogP contribution in [0, 0.1) is 11.6 Å². The van der Waals surface area contributed by atoms with Crippen LogP contribution in [-0.4, -0.2) is 28.6 Å². The lowest BCUT2D eigenvalue weighted by Gasteiger charge is -2.41. The lowest BCUT2D eigenvalue weighted by Crippen LogP contribution is -2.47. The van der Waals surface area contributed by atoms with Crippen molar-refractivity contribution in [1.29, 1.82) is 0 Å². The average molecular weight is 406 g/mol. The minimum atomic E-state index is -4.49. The smallest absolute Gasteiger partial charge is 0.357 e. The summed E-state index contributed by atoms with van der Waals surface area (Å²) in [6.45, 7) is 0.443. The fraction of sp³-hybridized carbons (Fsp3) is 0.364. The number of nitrogens with one attached hydrogen (secondary N) is 1. The third-order valence-corrected chi connectivity index (χ3v) is 6.23. The highest BCUT2D eigenvalue weighted by Gasteiger charge is 2.43. The monoisotopic (exact) mass is 406 g/mol. The van der Waals surface area contributed by atoms with E-state index in [0.29, 0.717) is 12.1 Å². The van der Waals surface area contributed by atoms with Gasteiger partial charge in [0.1, 0.15) is 11.6 Å². The van der Waals surface area contributed by atoms with Crippen LogP contribution in [0.15, 0.2) is 30.3 Å². The van der Waals surface area contributed by atoms with Crippen molar-refractivity contribution in [2.45, 2.75) is 44.4 Å². The number of aromatic amines is 1. The lowest BCUT2D eigenvalue weighted by atomic mass is 9.84. The number of aryl methyl sites for hydroxylation is 2. The Morgan fingerprint density at radius 3 is 2.34 bits per heavy atom. The first-order valence-electron chi connectivity index (χ1n) is 9.65. The molecule has 0 bridgehead atoms. The first-order chi connectivity index (χ1) is 13.7. The summed E-state index contributed by atoms with van der Waals surface area (Å²) < 4.78 is 69.5. The summed E-state index contributed by atoms with van der Waals surface area (Å²) in [6, 6.07) is 5.80. The summed E-state index contributed by atoms with van der Waals surface area (Å²) >= 11 is 0. The number of aromatic nitrogens is 1. The molecule has 0 saturated heterocycles. The van der Waals surface area contributed by atoms with Crippen molar-refractivity contribution < 1.29 is 22.0 Å². The van der Waals surface area contributed by atoms with Gasteiger partial charge in [-0.15, -0.1) is 0 Å². The zero-order chi connectivity index (χ0) is 20.5. The number of nitrogens with zero attached hydrogens (tertiary/aromatic N) is 1. The normalized spacial score (nSPS) is 21.7. The first-order valence-corrected chi connectivity index (χ1v) is 9.65. The maximum Gasteiger partial charge on any atom is 0.401 e. The molecule has 1 aliphatic heterocycles. The standard InChI is InChI=1S/C22H19F5N2/c1-11-7-15-14-8-12-5-6-13(12)9-18(14)28-20(15)21(29(11)10-22(25,26)27)19-16(23)3-2-4-17(19)24/h2-4,8-9,11,21,28H,5-7,10H2,1H3/t11-,21-/m0/s1. The molecule has 152 valence electrons. The van der Waals surface area contributed by atoms with Crippen LogP contribution >= 0.6 is 0 Å². The van der Waals surface area contributed by atoms with Crippen LogP contribution in [0.4, 0.5) is 22.0 Å². The molecule has 0 amide bonds. The van der Waals surface area contributed by atoms with Gasteiger partial charge in [-0.3, -0.25) is 4.90 Å². The molecule has 5 rings (SSSR count). The van der Waals surface area contributed by atoms with E-state index in [9.17, 15) is 22.0 Å². The Hall–Kier alpha value is -2.41. The zero-order valence-corrected chi connectivity index (χ0v) is 15.7. The number of alkyl halides is 3. The predicted molar refractivity (Wildman–Crippen MR) is 99.8 cm³/mol. The highest BCUT2D eigenvalue weighted by molar-refractivity contribution is 5.87. The van der Waals surface area contributed by atoms with Crippen molar-refractivity contribution in [3.05, 3.63) is 69.9 Å². The zero-order valence-electron chi connectivity index (χ0n) is 15.7. The molecule has 3 aromatic rings. The van der Waals surface area contributed by atoms with Crippen LogP contribution in [-0.2, 0) is 19.3 Å². The Morgan fingerprint density at radius 1 is 1.07 bits per heavy atom. The van der Waals surface area contributed by atoms with Gasteiger partial charge in [0, 0.05) is 28.2 Å². The van der Waals surface area contributed by atoms with Gasteiger partial charge in [-0.1, -0.05) is 6.07 Å². The number of benzene rings is 2. The average Bonchev–Trinajstić information content (AvgIpc) is 2.95. The molecular weight excluding hydrogens is 387 g/mol. The van der Waals surface area contributed by atoms with E-state index in [4.69, 9.17) is 0 Å². The second-order valence-electron chi connectivity index (χ2n) is 8.06. The minimum absolute atomic E-state index is 0.341. The van der Waals surface area contributed by atoms with Gasteiger partial charge in [0.2, 0.25) is 0 Å². The van der Waals surface area contributed by atoms with Crippen LogP contribution in [0.5, 0.6) is 0 Å². The maximum atomic E-state index is 14.7. The van der Waals surface area contributed by atoms with Gasteiger partial charge in [0.05, 0.1) is 12.6 Å². The van der Waals surface area contributed by atoms with E-state index in [1.165, 1.54) is 17.2 Å². The Bertz CT molecular complexity index is 1090. The van der Waals surface area contributed by atoms with E-state index in [1.807, 2.05) is 6.07 Å². The molecular formula is C22H19F5N2. The van der Waals surface area contributed by atoms with Crippen molar-refractivity contribution in [2.75, 3.05) is 6.54 Å². The summed E-state index contributed by atoms with van der Waals surface area (Å²) in [5.41, 5.74) is 4.23. The van der Waals surface area contributed by atoms with E-state index in [0.717, 1.165) is 46.3 Å². The summed E-state index contributed by atoms with van der Waals surface area (Å²) in [4.78, 5) is 4.37. The Balaban J connectivity index is 1.75. The van der Waals surface area contributed by atoms with Gasteiger partial charge >= 0.3 is 6.18 Å². The van der Waals surface area contributed by atoms with Crippen molar-refractivity contribution in [3.8, 4) is 0 Å². The highest BCUT2D eigenvalue weighted by Crippen LogP contribution is 2.44. The fourth-order valence-electron chi connectivity index (χ4n) is 4.79. The number of rotatable bonds is 2. The molecule has 0 radical (unpaired) electrons. The molecule has 1 aromatic heterocycles. The molecule has 1 aliphatic carbocycles. The first kappa shape index (κ1) is 18.6. The van der Waals surface area contributed by atoms with Crippen molar-refractivity contribution in [1.82, 2.24) is 9.88 Å². The van der Waals surface area contributed by atoms with Crippen molar-refractivity contribution >= 4 is 10.9 Å². The molecule has 0 fully saturated rings. The van der Waals surface area contributed by atoms with Crippen LogP contribution in [0.25, 0.3) is 10.9 Å². The highest BCUT2D eigenvalue weighted by atomic mass is 19.4. The molecule has 7 heteroatoms. The SMILES string of the molecule is C[C@H]1Cc2c([nH]c3cc4c(cc23)CC4)[C@H](c2c(F)cccc2F)N1CC(F)(F)F. The Morgan fingerprint density at radius 2 is 1.72 bits per heavy atom. The van der Waals surface area contributed by atoms with Crippen molar-refractivity contribution in [3.63, 3.8) is 0 Å². The van der Waals surface area contributed by atoms with Gasteiger partial charge in [-0.2, -0.15) is 13.2 Å². The Labute approximate surface area is 164 Å². The molecule has 2 aromatic carbocycles. The summed E-state index contributed by atoms with van der Waals surface area (Å²) in [5, 5.41) is 0.943. The number of H-pyrrole nitrogens is 1. The molecule has 29 heavy (non-hydrogen) atoms. The molecule has 0 unspecified atom stereocenters. The molecule has 1 N–H and O–H groups in total. The van der Waals surface area contributed by atoms with Gasteiger partial charge in [0.25, 0.3) is 0 Å². The number of hydrogen-bond donors (Lipinski definition) is 1. The molecule has 2 nitrogen and oxygen atoms in total. The topological polar surface area (TPSA) is 19.0 Å². The summed E-state index contributed by atoms with van der Waals surface area (Å²) in [7, 11) is 0. The van der Waals surface area contributed by atoms with Crippen LogP contribution < -0.4 is 0 Å². The van der Waals surface area contributed by atoms with Crippen LogP contribution in [0.2, 0.25) is 0 Å². The van der Waals surface area contributed by atoms with E-state index < -0.39 is 36.4 Å². The predicted octanol–water partition coefficient (Wildman–Crippen LogP) is 5.44.